The summed E-state index contributed by atoms with van der Waals surface area (Å²) in [6, 6.07) is 8.18. The average Bonchev–Trinajstić information content (AvgIpc) is 2.41. The number of rotatable bonds is 2. The third kappa shape index (κ3) is 2.53. The summed E-state index contributed by atoms with van der Waals surface area (Å²) in [7, 11) is 0. The topological polar surface area (TPSA) is 50.7 Å². The normalized spacial score (nSPS) is 24.1. The molecule has 1 aliphatic carbocycles. The van der Waals surface area contributed by atoms with Gasteiger partial charge in [-0.2, -0.15) is 0 Å². The van der Waals surface area contributed by atoms with Crippen LogP contribution in [0.4, 0.5) is 5.95 Å². The molecule has 0 spiro atoms. The Morgan fingerprint density at radius 2 is 1.72 bits per heavy atom. The molecule has 4 nitrogen and oxygen atoms in total. The van der Waals surface area contributed by atoms with Crippen LogP contribution in [0.3, 0.4) is 0 Å². The fourth-order valence-electron chi connectivity index (χ4n) is 2.32. The number of benzene rings is 1. The molecule has 1 aliphatic rings. The molecule has 1 heterocycles. The van der Waals surface area contributed by atoms with E-state index in [0.717, 1.165) is 36.7 Å². The van der Waals surface area contributed by atoms with Crippen LogP contribution in [-0.2, 0) is 0 Å². The molecule has 2 aromatic rings. The van der Waals surface area contributed by atoms with Gasteiger partial charge < -0.3 is 5.32 Å². The van der Waals surface area contributed by atoms with Crippen molar-refractivity contribution in [2.75, 3.05) is 5.32 Å². The average molecular weight is 263 g/mol. The lowest BCUT2D eigenvalue weighted by Crippen LogP contribution is -2.27. The second-order valence-electron chi connectivity index (χ2n) is 4.72. The number of nitrogens with one attached hydrogen (secondary N) is 1. The molecule has 0 amide bonds. The van der Waals surface area contributed by atoms with Crippen LogP contribution in [0.2, 0.25) is 0 Å². The number of alkyl halides is 1. The zero-order valence-corrected chi connectivity index (χ0v) is 10.8. The molecule has 1 N–H and O–H groups in total. The number of hydrogen-bond acceptors (Lipinski definition) is 4. The number of halogens is 1. The van der Waals surface area contributed by atoms with Gasteiger partial charge in [-0.3, -0.25) is 0 Å². The highest BCUT2D eigenvalue weighted by atomic mass is 35.5. The molecule has 94 valence electrons. The third-order valence-corrected chi connectivity index (χ3v) is 3.79. The lowest BCUT2D eigenvalue weighted by Gasteiger charge is -2.25. The van der Waals surface area contributed by atoms with E-state index in [1.807, 2.05) is 24.3 Å². The highest BCUT2D eigenvalue weighted by molar-refractivity contribution is 6.20. The van der Waals surface area contributed by atoms with Crippen molar-refractivity contribution in [2.24, 2.45) is 0 Å². The van der Waals surface area contributed by atoms with Gasteiger partial charge in [0.2, 0.25) is 5.95 Å². The molecule has 5 heteroatoms. The van der Waals surface area contributed by atoms with E-state index in [2.05, 4.69) is 20.5 Å². The first-order valence-corrected chi connectivity index (χ1v) is 6.75. The second-order valence-corrected chi connectivity index (χ2v) is 5.33. The van der Waals surface area contributed by atoms with Crippen molar-refractivity contribution >= 4 is 28.6 Å². The Balaban J connectivity index is 1.74. The second kappa shape index (κ2) is 5.06. The first-order valence-electron chi connectivity index (χ1n) is 6.31. The predicted molar refractivity (Wildman–Crippen MR) is 72.9 cm³/mol. The predicted octanol–water partition coefficient (Wildman–Crippen LogP) is 2.99. The van der Waals surface area contributed by atoms with Gasteiger partial charge in [0.15, 0.2) is 0 Å². The van der Waals surface area contributed by atoms with Gasteiger partial charge in [-0.25, -0.2) is 4.98 Å². The van der Waals surface area contributed by atoms with E-state index in [1.165, 1.54) is 0 Å². The molecule has 3 rings (SSSR count). The van der Waals surface area contributed by atoms with Crippen LogP contribution >= 0.6 is 11.6 Å². The monoisotopic (exact) mass is 262 g/mol. The minimum Gasteiger partial charge on any atom is -0.350 e. The molecule has 0 radical (unpaired) electrons. The van der Waals surface area contributed by atoms with Gasteiger partial charge in [0.25, 0.3) is 0 Å². The highest BCUT2D eigenvalue weighted by Gasteiger charge is 2.20. The van der Waals surface area contributed by atoms with Crippen LogP contribution in [-0.4, -0.2) is 26.6 Å². The number of anilines is 1. The third-order valence-electron chi connectivity index (χ3n) is 3.35. The fourth-order valence-corrected chi connectivity index (χ4v) is 2.57. The molecule has 0 saturated heterocycles. The maximum absolute atomic E-state index is 6.09. The Kier molecular flexibility index (Phi) is 3.28. The van der Waals surface area contributed by atoms with Crippen molar-refractivity contribution in [3.05, 3.63) is 24.3 Å². The Morgan fingerprint density at radius 1 is 1.00 bits per heavy atom. The maximum atomic E-state index is 6.09. The van der Waals surface area contributed by atoms with Crippen LogP contribution < -0.4 is 5.32 Å². The quantitative estimate of drug-likeness (QED) is 0.846. The highest BCUT2D eigenvalue weighted by Crippen LogP contribution is 2.24. The van der Waals surface area contributed by atoms with Gasteiger partial charge in [0.05, 0.1) is 5.52 Å². The zero-order chi connectivity index (χ0) is 12.4. The molecule has 1 aromatic carbocycles. The van der Waals surface area contributed by atoms with Crippen LogP contribution in [0.25, 0.3) is 11.0 Å². The number of fused-ring (bicyclic) bond motifs is 1. The lowest BCUT2D eigenvalue weighted by molar-refractivity contribution is 0.466. The fraction of sp³-hybridized carbons (Fsp3) is 0.462. The molecular weight excluding hydrogens is 248 g/mol. The van der Waals surface area contributed by atoms with Gasteiger partial charge >= 0.3 is 0 Å². The molecule has 1 saturated carbocycles. The largest absolute Gasteiger partial charge is 0.350 e. The zero-order valence-electron chi connectivity index (χ0n) is 10.0. The summed E-state index contributed by atoms with van der Waals surface area (Å²) in [5.41, 5.74) is 1.70. The van der Waals surface area contributed by atoms with E-state index in [1.54, 1.807) is 0 Å². The van der Waals surface area contributed by atoms with E-state index in [0.29, 0.717) is 17.4 Å². The first kappa shape index (κ1) is 11.7. The summed E-state index contributed by atoms with van der Waals surface area (Å²) in [4.78, 5) is 4.47. The lowest BCUT2D eigenvalue weighted by atomic mass is 9.95. The number of nitrogens with zero attached hydrogens (tertiary/aromatic N) is 3. The summed E-state index contributed by atoms with van der Waals surface area (Å²) in [6.45, 7) is 0. The van der Waals surface area contributed by atoms with E-state index in [9.17, 15) is 0 Å². The van der Waals surface area contributed by atoms with Crippen LogP contribution in [0.1, 0.15) is 25.7 Å². The molecule has 0 atom stereocenters. The number of para-hydroxylation sites is 1. The van der Waals surface area contributed by atoms with Crippen molar-refractivity contribution in [2.45, 2.75) is 37.1 Å². The molecule has 0 aliphatic heterocycles. The van der Waals surface area contributed by atoms with Crippen molar-refractivity contribution in [3.63, 3.8) is 0 Å². The van der Waals surface area contributed by atoms with Crippen LogP contribution in [0, 0.1) is 0 Å². The number of hydrogen-bond donors (Lipinski definition) is 1. The number of aromatic nitrogens is 3. The standard InChI is InChI=1S/C13H15ClN4/c14-9-5-7-10(8-6-9)15-13-16-11-3-1-2-4-12(11)17-18-13/h1-4,9-10H,5-8H2,(H,15,16,18). The summed E-state index contributed by atoms with van der Waals surface area (Å²) in [5.74, 6) is 0.617. The Bertz CT molecular complexity index is 537. The van der Waals surface area contributed by atoms with Gasteiger partial charge in [0.1, 0.15) is 5.52 Å². The van der Waals surface area contributed by atoms with E-state index >= 15 is 0 Å². The Labute approximate surface area is 111 Å². The summed E-state index contributed by atoms with van der Waals surface area (Å²) in [5, 5.41) is 12.0. The van der Waals surface area contributed by atoms with Crippen LogP contribution in [0.5, 0.6) is 0 Å². The molecule has 0 bridgehead atoms. The Hall–Kier alpha value is -1.42. The van der Waals surface area contributed by atoms with Gasteiger partial charge in [-0.15, -0.1) is 21.8 Å². The van der Waals surface area contributed by atoms with Gasteiger partial charge in [0, 0.05) is 11.4 Å². The molecule has 18 heavy (non-hydrogen) atoms. The van der Waals surface area contributed by atoms with Crippen molar-refractivity contribution in [1.82, 2.24) is 15.2 Å². The van der Waals surface area contributed by atoms with Crippen molar-refractivity contribution in [3.8, 4) is 0 Å². The molecular formula is C13H15ClN4. The smallest absolute Gasteiger partial charge is 0.243 e. The van der Waals surface area contributed by atoms with E-state index in [-0.39, 0.29) is 0 Å². The molecule has 1 fully saturated rings. The summed E-state index contributed by atoms with van der Waals surface area (Å²) in [6.07, 6.45) is 4.26. The van der Waals surface area contributed by atoms with Crippen molar-refractivity contribution < 1.29 is 0 Å². The van der Waals surface area contributed by atoms with Gasteiger partial charge in [-0.1, -0.05) is 12.1 Å². The summed E-state index contributed by atoms with van der Waals surface area (Å²) >= 11 is 6.09. The minimum absolute atomic E-state index is 0.332. The molecule has 1 aromatic heterocycles. The van der Waals surface area contributed by atoms with E-state index < -0.39 is 0 Å². The first-order chi connectivity index (χ1) is 8.81. The van der Waals surface area contributed by atoms with Crippen molar-refractivity contribution in [1.29, 1.82) is 0 Å². The van der Waals surface area contributed by atoms with Crippen LogP contribution in [0.15, 0.2) is 24.3 Å². The van der Waals surface area contributed by atoms with E-state index in [4.69, 9.17) is 11.6 Å². The SMILES string of the molecule is ClC1CCC(Nc2nnc3ccccc3n2)CC1. The van der Waals surface area contributed by atoms with Gasteiger partial charge in [-0.05, 0) is 37.8 Å². The summed E-state index contributed by atoms with van der Waals surface area (Å²) < 4.78 is 0. The minimum atomic E-state index is 0.332. The maximum Gasteiger partial charge on any atom is 0.243 e. The molecule has 0 unspecified atom stereocenters. The Morgan fingerprint density at radius 3 is 2.50 bits per heavy atom.